The molecule has 2 heterocycles. The third-order valence-electron chi connectivity index (χ3n) is 7.43. The Kier molecular flexibility index (Phi) is 7.28. The third kappa shape index (κ3) is 5.96. The van der Waals surface area contributed by atoms with Gasteiger partial charge in [0, 0.05) is 65.7 Å². The summed E-state index contributed by atoms with van der Waals surface area (Å²) in [5, 5.41) is 8.33. The summed E-state index contributed by atoms with van der Waals surface area (Å²) in [7, 11) is 0. The largest absolute Gasteiger partial charge is 0.379 e. The molecular formula is C31H29ClN4O3. The quantitative estimate of drug-likeness (QED) is 0.313. The van der Waals surface area contributed by atoms with Gasteiger partial charge in [-0.25, -0.2) is 0 Å². The predicted octanol–water partition coefficient (Wildman–Crippen LogP) is 5.71. The molecule has 2 aliphatic rings. The summed E-state index contributed by atoms with van der Waals surface area (Å²) >= 11 is 6.25. The molecule has 1 aromatic heterocycles. The van der Waals surface area contributed by atoms with Crippen LogP contribution in [0.1, 0.15) is 33.8 Å². The van der Waals surface area contributed by atoms with Crippen LogP contribution in [0.5, 0.6) is 0 Å². The summed E-state index contributed by atoms with van der Waals surface area (Å²) in [5.41, 5.74) is 4.34. The Labute approximate surface area is 232 Å². The number of hydrogen-bond acceptors (Lipinski definition) is 5. The standard InChI is InChI=1S/C31H29ClN4O3/c32-29-18-33-17-23-7-10-25(15-27(23)29)35-31(38)28-16-26(28)21-3-5-22(6-4-21)30(37)34-24-8-1-20(2-9-24)19-36-11-13-39-14-12-36/h1-10,15,17-18,26,28H,11-14,16,19H2,(H,34,37)(H,35,38)/t26-,28+/m0/s1. The Balaban J connectivity index is 1.02. The van der Waals surface area contributed by atoms with Crippen molar-refractivity contribution in [1.82, 2.24) is 9.88 Å². The van der Waals surface area contributed by atoms with Gasteiger partial charge in [0.05, 0.1) is 18.2 Å². The van der Waals surface area contributed by atoms with E-state index >= 15 is 0 Å². The minimum absolute atomic E-state index is 0.0107. The van der Waals surface area contributed by atoms with Crippen LogP contribution < -0.4 is 10.6 Å². The molecule has 2 fully saturated rings. The fraction of sp³-hybridized carbons (Fsp3) is 0.258. The van der Waals surface area contributed by atoms with Crippen LogP contribution in [0, 0.1) is 5.92 Å². The summed E-state index contributed by atoms with van der Waals surface area (Å²) in [5.74, 6) is -0.111. The Hall–Kier alpha value is -3.78. The van der Waals surface area contributed by atoms with Crippen molar-refractivity contribution in [1.29, 1.82) is 0 Å². The van der Waals surface area contributed by atoms with Gasteiger partial charge >= 0.3 is 0 Å². The number of carbonyl (C=O) groups excluding carboxylic acids is 2. The second-order valence-electron chi connectivity index (χ2n) is 10.2. The molecule has 0 unspecified atom stereocenters. The van der Waals surface area contributed by atoms with Crippen molar-refractivity contribution in [3.05, 3.63) is 101 Å². The lowest BCUT2D eigenvalue weighted by Gasteiger charge is -2.26. The van der Waals surface area contributed by atoms with E-state index in [0.717, 1.165) is 61.3 Å². The first kappa shape index (κ1) is 25.5. The summed E-state index contributed by atoms with van der Waals surface area (Å²) in [6.45, 7) is 4.33. The van der Waals surface area contributed by atoms with E-state index in [1.807, 2.05) is 54.6 Å². The maximum atomic E-state index is 12.9. The van der Waals surface area contributed by atoms with Crippen LogP contribution in [0.4, 0.5) is 11.4 Å². The lowest BCUT2D eigenvalue weighted by Crippen LogP contribution is -2.35. The average Bonchev–Trinajstić information content (AvgIpc) is 3.77. The van der Waals surface area contributed by atoms with Gasteiger partial charge in [-0.05, 0) is 59.9 Å². The van der Waals surface area contributed by atoms with Crippen molar-refractivity contribution < 1.29 is 14.3 Å². The fourth-order valence-corrected chi connectivity index (χ4v) is 5.31. The number of amides is 2. The minimum Gasteiger partial charge on any atom is -0.379 e. The molecule has 2 N–H and O–H groups in total. The topological polar surface area (TPSA) is 83.6 Å². The highest BCUT2D eigenvalue weighted by molar-refractivity contribution is 6.35. The molecule has 4 aromatic rings. The number of rotatable bonds is 7. The second-order valence-corrected chi connectivity index (χ2v) is 10.6. The molecule has 2 amide bonds. The first-order valence-corrected chi connectivity index (χ1v) is 13.6. The van der Waals surface area contributed by atoms with E-state index in [4.69, 9.17) is 16.3 Å². The van der Waals surface area contributed by atoms with Crippen molar-refractivity contribution in [3.63, 3.8) is 0 Å². The van der Waals surface area contributed by atoms with Gasteiger partial charge in [0.2, 0.25) is 5.91 Å². The molecule has 1 aliphatic carbocycles. The first-order chi connectivity index (χ1) is 19.0. The molecular weight excluding hydrogens is 512 g/mol. The fourth-order valence-electron chi connectivity index (χ4n) is 5.09. The first-order valence-electron chi connectivity index (χ1n) is 13.2. The van der Waals surface area contributed by atoms with Crippen LogP contribution in [0.15, 0.2) is 79.1 Å². The molecule has 1 aliphatic heterocycles. The number of fused-ring (bicyclic) bond motifs is 1. The van der Waals surface area contributed by atoms with Crippen molar-refractivity contribution in [3.8, 4) is 0 Å². The van der Waals surface area contributed by atoms with Gasteiger partial charge in [-0.3, -0.25) is 19.5 Å². The highest BCUT2D eigenvalue weighted by Gasteiger charge is 2.44. The molecule has 8 heteroatoms. The van der Waals surface area contributed by atoms with Crippen molar-refractivity contribution in [2.75, 3.05) is 36.9 Å². The number of ether oxygens (including phenoxy) is 1. The summed E-state index contributed by atoms with van der Waals surface area (Å²) < 4.78 is 5.41. The van der Waals surface area contributed by atoms with E-state index in [9.17, 15) is 9.59 Å². The van der Waals surface area contributed by atoms with E-state index in [0.29, 0.717) is 16.3 Å². The predicted molar refractivity (Wildman–Crippen MR) is 153 cm³/mol. The lowest BCUT2D eigenvalue weighted by atomic mass is 10.1. The van der Waals surface area contributed by atoms with E-state index in [2.05, 4.69) is 32.7 Å². The van der Waals surface area contributed by atoms with Gasteiger partial charge in [-0.1, -0.05) is 41.9 Å². The molecule has 3 aromatic carbocycles. The monoisotopic (exact) mass is 540 g/mol. The van der Waals surface area contributed by atoms with Crippen LogP contribution >= 0.6 is 11.6 Å². The van der Waals surface area contributed by atoms with Crippen molar-refractivity contribution in [2.24, 2.45) is 5.92 Å². The molecule has 2 atom stereocenters. The Bertz CT molecular complexity index is 1500. The number of anilines is 2. The maximum Gasteiger partial charge on any atom is 0.255 e. The number of morpholine rings is 1. The molecule has 6 rings (SSSR count). The Morgan fingerprint density at radius 2 is 1.67 bits per heavy atom. The number of hydrogen-bond donors (Lipinski definition) is 2. The van der Waals surface area contributed by atoms with Gasteiger partial charge in [0.1, 0.15) is 0 Å². The number of halogens is 1. The SMILES string of the molecule is O=C(Nc1ccc(CN2CCOCC2)cc1)c1ccc([C@@H]2C[C@H]2C(=O)Nc2ccc3cncc(Cl)c3c2)cc1. The molecule has 39 heavy (non-hydrogen) atoms. The van der Waals surface area contributed by atoms with Crippen LogP contribution in [0.25, 0.3) is 10.8 Å². The second kappa shape index (κ2) is 11.1. The Morgan fingerprint density at radius 1 is 0.923 bits per heavy atom. The average molecular weight is 541 g/mol. The number of benzene rings is 3. The van der Waals surface area contributed by atoms with E-state index in [1.165, 1.54) is 5.56 Å². The number of nitrogens with zero attached hydrogens (tertiary/aromatic N) is 2. The summed E-state index contributed by atoms with van der Waals surface area (Å²) in [6.07, 6.45) is 4.13. The zero-order chi connectivity index (χ0) is 26.8. The minimum atomic E-state index is -0.155. The van der Waals surface area contributed by atoms with E-state index in [-0.39, 0.29) is 23.7 Å². The van der Waals surface area contributed by atoms with E-state index < -0.39 is 0 Å². The number of aromatic nitrogens is 1. The molecule has 0 bridgehead atoms. The highest BCUT2D eigenvalue weighted by atomic mass is 35.5. The third-order valence-corrected chi connectivity index (χ3v) is 7.73. The van der Waals surface area contributed by atoms with Gasteiger partial charge in [-0.15, -0.1) is 0 Å². The normalized spacial score (nSPS) is 19.0. The summed E-state index contributed by atoms with van der Waals surface area (Å²) in [4.78, 5) is 32.1. The zero-order valence-corrected chi connectivity index (χ0v) is 22.2. The number of pyridine rings is 1. The lowest BCUT2D eigenvalue weighted by molar-refractivity contribution is -0.117. The van der Waals surface area contributed by atoms with Crippen LogP contribution in [-0.2, 0) is 16.1 Å². The van der Waals surface area contributed by atoms with Crippen LogP contribution in [0.2, 0.25) is 5.02 Å². The van der Waals surface area contributed by atoms with E-state index in [1.54, 1.807) is 12.4 Å². The molecule has 1 saturated carbocycles. The molecule has 0 radical (unpaired) electrons. The number of nitrogens with one attached hydrogen (secondary N) is 2. The highest BCUT2D eigenvalue weighted by Crippen LogP contribution is 2.48. The number of carbonyl (C=O) groups is 2. The van der Waals surface area contributed by atoms with Crippen molar-refractivity contribution in [2.45, 2.75) is 18.9 Å². The molecule has 0 spiro atoms. The van der Waals surface area contributed by atoms with Gasteiger partial charge in [-0.2, -0.15) is 0 Å². The van der Waals surface area contributed by atoms with Gasteiger partial charge in [0.15, 0.2) is 0 Å². The molecule has 198 valence electrons. The summed E-state index contributed by atoms with van der Waals surface area (Å²) in [6, 6.07) is 21.2. The maximum absolute atomic E-state index is 12.9. The molecule has 1 saturated heterocycles. The zero-order valence-electron chi connectivity index (χ0n) is 21.4. The van der Waals surface area contributed by atoms with Gasteiger partial charge in [0.25, 0.3) is 5.91 Å². The smallest absolute Gasteiger partial charge is 0.255 e. The van der Waals surface area contributed by atoms with Crippen LogP contribution in [-0.4, -0.2) is 48.0 Å². The van der Waals surface area contributed by atoms with Crippen molar-refractivity contribution >= 4 is 45.6 Å². The van der Waals surface area contributed by atoms with Crippen LogP contribution in [0.3, 0.4) is 0 Å². The molecule has 7 nitrogen and oxygen atoms in total. The Morgan fingerprint density at radius 3 is 2.44 bits per heavy atom. The van der Waals surface area contributed by atoms with Gasteiger partial charge < -0.3 is 15.4 Å².